The molecule has 0 heterocycles. The molecule has 8 aromatic carbocycles. The van der Waals surface area contributed by atoms with Gasteiger partial charge in [-0.1, -0.05) is 182 Å². The first-order chi connectivity index (χ1) is 37.3. The number of hydrogen-bond donors (Lipinski definition) is 0. The first-order valence-corrected chi connectivity index (χ1v) is 25.6. The van der Waals surface area contributed by atoms with E-state index >= 15 is 0 Å². The van der Waals surface area contributed by atoms with Gasteiger partial charge in [0.2, 0.25) is 0 Å². The van der Waals surface area contributed by atoms with Gasteiger partial charge in [-0.2, -0.15) is 0 Å². The average Bonchev–Trinajstić information content (AvgIpc) is 3.48. The highest BCUT2D eigenvalue weighted by Gasteiger charge is 2.24. The normalized spacial score (nSPS) is 11.3. The molecule has 0 bridgehead atoms. The molecule has 0 fully saturated rings. The predicted octanol–water partition coefficient (Wildman–Crippen LogP) is 13.4. The number of ether oxygens (including phenoxy) is 4. The molecule has 8 rings (SSSR count). The maximum Gasteiger partial charge on any atom is 0.330 e. The first-order valence-electron chi connectivity index (χ1n) is 25.6. The zero-order valence-electron chi connectivity index (χ0n) is 42.9. The Balaban J connectivity index is 0.000000221. The summed E-state index contributed by atoms with van der Waals surface area (Å²) in [4.78, 5) is 61.4. The van der Waals surface area contributed by atoms with E-state index in [-0.39, 0.29) is 50.5 Å². The summed E-state index contributed by atoms with van der Waals surface area (Å²) in [7, 11) is 0. The maximum absolute atomic E-state index is 13.0. The van der Waals surface area contributed by atoms with Gasteiger partial charge in [0.1, 0.15) is 36.8 Å². The van der Waals surface area contributed by atoms with Crippen molar-refractivity contribution >= 4 is 34.9 Å². The van der Waals surface area contributed by atoms with E-state index in [1.807, 2.05) is 182 Å². The zero-order chi connectivity index (χ0) is 53.2. The van der Waals surface area contributed by atoms with Crippen LogP contribution < -0.4 is 9.47 Å². The van der Waals surface area contributed by atoms with Crippen LogP contribution in [0.4, 0.5) is 0 Å². The highest BCUT2D eigenvalue weighted by molar-refractivity contribution is 6.14. The third kappa shape index (κ3) is 17.0. The molecule has 8 aromatic rings. The lowest BCUT2D eigenvalue weighted by Gasteiger charge is -2.15. The van der Waals surface area contributed by atoms with Crippen LogP contribution >= 0.6 is 0 Å². The molecule has 0 aliphatic heterocycles. The minimum absolute atomic E-state index is 0.0647. The second kappa shape index (κ2) is 29.6. The maximum atomic E-state index is 13.0. The molecule has 0 N–H and O–H groups in total. The molecule has 0 saturated carbocycles. The quantitative estimate of drug-likeness (QED) is 0.0332. The predicted molar refractivity (Wildman–Crippen MR) is 299 cm³/mol. The molecule has 384 valence electrons. The van der Waals surface area contributed by atoms with Crippen LogP contribution in [0.5, 0.6) is 11.5 Å². The summed E-state index contributed by atoms with van der Waals surface area (Å²) >= 11 is 0. The first kappa shape index (κ1) is 54.7. The van der Waals surface area contributed by atoms with E-state index < -0.39 is 24.0 Å². The van der Waals surface area contributed by atoms with Crippen molar-refractivity contribution in [3.63, 3.8) is 0 Å². The third-order valence-corrected chi connectivity index (χ3v) is 12.0. The number of carbonyl (C=O) groups is 4. The minimum atomic E-state index is -0.803. The van der Waals surface area contributed by atoms with E-state index in [1.165, 1.54) is 0 Å². The van der Waals surface area contributed by atoms with Gasteiger partial charge in [-0.15, -0.1) is 0 Å². The fourth-order valence-corrected chi connectivity index (χ4v) is 8.05. The van der Waals surface area contributed by atoms with E-state index in [1.54, 1.807) is 62.4 Å². The molecule has 10 heteroatoms. The number of nitrogens with zero attached hydrogens (tertiary/aromatic N) is 2. The van der Waals surface area contributed by atoms with Crippen molar-refractivity contribution in [2.24, 2.45) is 9.98 Å². The molecular formula is C66H62N2O8. The molecule has 0 aliphatic carbocycles. The number of ketones is 2. The van der Waals surface area contributed by atoms with Crippen molar-refractivity contribution < 1.29 is 38.1 Å². The van der Waals surface area contributed by atoms with Crippen LogP contribution in [0.3, 0.4) is 0 Å². The average molecular weight is 1010 g/mol. The van der Waals surface area contributed by atoms with Crippen molar-refractivity contribution in [1.29, 1.82) is 0 Å². The number of hydrogen-bond acceptors (Lipinski definition) is 10. The van der Waals surface area contributed by atoms with Gasteiger partial charge in [0.05, 0.1) is 24.6 Å². The molecule has 0 amide bonds. The number of esters is 2. The van der Waals surface area contributed by atoms with E-state index in [2.05, 4.69) is 0 Å². The van der Waals surface area contributed by atoms with Gasteiger partial charge < -0.3 is 18.9 Å². The van der Waals surface area contributed by atoms with Crippen molar-refractivity contribution in [2.45, 2.75) is 64.8 Å². The molecule has 0 unspecified atom stereocenters. The molecular weight excluding hydrogens is 949 g/mol. The van der Waals surface area contributed by atoms with Gasteiger partial charge in [-0.05, 0) is 86.3 Å². The van der Waals surface area contributed by atoms with Crippen LogP contribution in [-0.4, -0.2) is 60.2 Å². The summed E-state index contributed by atoms with van der Waals surface area (Å²) in [5.41, 5.74) is 8.23. The molecule has 0 aliphatic rings. The molecule has 0 saturated heterocycles. The minimum Gasteiger partial charge on any atom is -0.489 e. The van der Waals surface area contributed by atoms with Crippen molar-refractivity contribution in [1.82, 2.24) is 0 Å². The summed E-state index contributed by atoms with van der Waals surface area (Å²) in [5.74, 6) is 0.378. The van der Waals surface area contributed by atoms with Crippen molar-refractivity contribution in [3.05, 3.63) is 275 Å². The van der Waals surface area contributed by atoms with Gasteiger partial charge in [0.15, 0.2) is 11.6 Å². The van der Waals surface area contributed by atoms with Crippen LogP contribution in [0.15, 0.2) is 241 Å². The second-order valence-electron chi connectivity index (χ2n) is 17.5. The van der Waals surface area contributed by atoms with Crippen LogP contribution in [-0.2, 0) is 32.3 Å². The molecule has 76 heavy (non-hydrogen) atoms. The number of Topliss-reactive ketones (excluding diaryl/α,β-unsaturated/α-hetero) is 2. The number of benzene rings is 8. The number of carbonyl (C=O) groups excluding carboxylic acids is 4. The Bertz CT molecular complexity index is 2800. The second-order valence-corrected chi connectivity index (χ2v) is 17.5. The number of rotatable bonds is 24. The summed E-state index contributed by atoms with van der Waals surface area (Å²) in [6.45, 7) is 4.93. The monoisotopic (exact) mass is 1010 g/mol. The molecule has 0 aromatic heterocycles. The van der Waals surface area contributed by atoms with E-state index in [0.717, 1.165) is 33.4 Å². The van der Waals surface area contributed by atoms with Gasteiger partial charge in [0, 0.05) is 46.2 Å². The Morgan fingerprint density at radius 1 is 0.355 bits per heavy atom. The van der Waals surface area contributed by atoms with Crippen LogP contribution in [0.25, 0.3) is 0 Å². The van der Waals surface area contributed by atoms with Crippen molar-refractivity contribution in [3.8, 4) is 11.5 Å². The lowest BCUT2D eigenvalue weighted by molar-refractivity contribution is -0.145. The molecule has 0 spiro atoms. The van der Waals surface area contributed by atoms with Crippen LogP contribution in [0, 0.1) is 0 Å². The highest BCUT2D eigenvalue weighted by atomic mass is 16.5. The largest absolute Gasteiger partial charge is 0.489 e. The van der Waals surface area contributed by atoms with Gasteiger partial charge in [-0.3, -0.25) is 19.6 Å². The molecule has 2 atom stereocenters. The highest BCUT2D eigenvalue weighted by Crippen LogP contribution is 2.22. The topological polar surface area (TPSA) is 130 Å². The molecule has 10 nitrogen and oxygen atoms in total. The third-order valence-electron chi connectivity index (χ3n) is 12.0. The van der Waals surface area contributed by atoms with Crippen LogP contribution in [0.1, 0.15) is 93.6 Å². The van der Waals surface area contributed by atoms with E-state index in [0.29, 0.717) is 47.3 Å². The Kier molecular flexibility index (Phi) is 21.3. The number of aliphatic imine (C=N–C) groups is 2. The zero-order valence-corrected chi connectivity index (χ0v) is 42.9. The summed E-state index contributed by atoms with van der Waals surface area (Å²) in [6, 6.07) is 71.3. The molecule has 0 radical (unpaired) electrons. The fourth-order valence-electron chi connectivity index (χ4n) is 8.05. The SMILES string of the molecule is CCOC(=O)[C@@H](CCC(=O)c1ccc(OCc2ccccc2)cc1)N=C(c1ccccc1)c1ccccc1.CCOC(=O)[C@H](CCC(=O)c1ccc(OCc2ccccc2)cc1)N=C(c1ccccc1)c1ccccc1. The lowest BCUT2D eigenvalue weighted by atomic mass is 10.00. The Morgan fingerprint density at radius 3 is 0.908 bits per heavy atom. The van der Waals surface area contributed by atoms with Crippen molar-refractivity contribution in [2.75, 3.05) is 13.2 Å². The standard InChI is InChI=1S/2C33H31NO4/c2*1-2-37-33(36)30(34-32(27-14-8-4-9-15-27)28-16-10-5-11-17-28)22-23-31(35)26-18-20-29(21-19-26)38-24-25-12-6-3-7-13-25/h2*3-21,30H,2,22-24H2,1H3/t2*30-/m10/s1. The smallest absolute Gasteiger partial charge is 0.330 e. The Labute approximate surface area is 445 Å². The van der Waals surface area contributed by atoms with Gasteiger partial charge in [0.25, 0.3) is 0 Å². The van der Waals surface area contributed by atoms with E-state index in [4.69, 9.17) is 28.9 Å². The fraction of sp³-hybridized carbons (Fsp3) is 0.182. The summed E-state index contributed by atoms with van der Waals surface area (Å²) in [6.07, 6.45) is 0.808. The van der Waals surface area contributed by atoms with Gasteiger partial charge in [-0.25, -0.2) is 9.59 Å². The Hall–Kier alpha value is -9.02. The Morgan fingerprint density at radius 2 is 0.632 bits per heavy atom. The lowest BCUT2D eigenvalue weighted by Crippen LogP contribution is -2.25. The summed E-state index contributed by atoms with van der Waals surface area (Å²) < 4.78 is 22.3. The van der Waals surface area contributed by atoms with Gasteiger partial charge >= 0.3 is 11.9 Å². The van der Waals surface area contributed by atoms with E-state index in [9.17, 15) is 19.2 Å². The summed E-state index contributed by atoms with van der Waals surface area (Å²) in [5, 5.41) is 0. The van der Waals surface area contributed by atoms with Crippen LogP contribution in [0.2, 0.25) is 0 Å².